The van der Waals surface area contributed by atoms with E-state index in [0.29, 0.717) is 17.8 Å². The highest BCUT2D eigenvalue weighted by Gasteiger charge is 2.38. The number of ether oxygens (including phenoxy) is 1. The van der Waals surface area contributed by atoms with Gasteiger partial charge in [-0.3, -0.25) is 5.01 Å². The van der Waals surface area contributed by atoms with E-state index in [1.54, 1.807) is 12.1 Å². The van der Waals surface area contributed by atoms with Crippen molar-refractivity contribution in [1.82, 2.24) is 14.9 Å². The van der Waals surface area contributed by atoms with Crippen molar-refractivity contribution >= 4 is 5.69 Å². The van der Waals surface area contributed by atoms with Gasteiger partial charge in [-0.05, 0) is 48.7 Å². The Balaban J connectivity index is 1.51. The van der Waals surface area contributed by atoms with Crippen LogP contribution in [0, 0.1) is 23.0 Å². The van der Waals surface area contributed by atoms with Gasteiger partial charge < -0.3 is 20.3 Å². The Kier molecular flexibility index (Phi) is 5.86. The molecule has 2 saturated heterocycles. The second-order valence-electron chi connectivity index (χ2n) is 8.67. The van der Waals surface area contributed by atoms with Gasteiger partial charge in [0.1, 0.15) is 18.1 Å². The maximum absolute atomic E-state index is 14.6. The van der Waals surface area contributed by atoms with E-state index in [2.05, 4.69) is 21.1 Å². The van der Waals surface area contributed by atoms with E-state index in [4.69, 9.17) is 15.7 Å². The Bertz CT molecular complexity index is 1180. The zero-order chi connectivity index (χ0) is 23.8. The Labute approximate surface area is 197 Å². The third-order valence-corrected chi connectivity index (χ3v) is 6.61. The highest BCUT2D eigenvalue weighted by molar-refractivity contribution is 5.56. The van der Waals surface area contributed by atoms with E-state index < -0.39 is 17.8 Å². The van der Waals surface area contributed by atoms with E-state index in [-0.39, 0.29) is 17.4 Å². The number of nitrogens with two attached hydrogens (primary N) is 1. The molecule has 0 aromatic heterocycles. The highest BCUT2D eigenvalue weighted by Crippen LogP contribution is 2.42. The maximum Gasteiger partial charge on any atom is 0.165 e. The van der Waals surface area contributed by atoms with Crippen LogP contribution >= 0.6 is 0 Å². The molecule has 0 saturated carbocycles. The number of rotatable bonds is 4. The van der Waals surface area contributed by atoms with Crippen LogP contribution in [-0.2, 0) is 0 Å². The van der Waals surface area contributed by atoms with Crippen LogP contribution in [0.1, 0.15) is 30.1 Å². The Morgan fingerprint density at radius 3 is 2.53 bits per heavy atom. The molecule has 2 aromatic rings. The molecule has 3 heterocycles. The lowest BCUT2D eigenvalue weighted by molar-refractivity contribution is 0.0346. The summed E-state index contributed by atoms with van der Waals surface area (Å²) in [5, 5.41) is 13.4. The van der Waals surface area contributed by atoms with Crippen LogP contribution in [0.25, 0.3) is 0 Å². The van der Waals surface area contributed by atoms with E-state index in [9.17, 15) is 8.78 Å². The summed E-state index contributed by atoms with van der Waals surface area (Å²) in [6, 6.07) is 11.5. The van der Waals surface area contributed by atoms with Gasteiger partial charge >= 0.3 is 0 Å². The summed E-state index contributed by atoms with van der Waals surface area (Å²) >= 11 is 0. The molecule has 0 amide bonds. The van der Waals surface area contributed by atoms with Gasteiger partial charge in [0.05, 0.1) is 24.9 Å². The van der Waals surface area contributed by atoms with Gasteiger partial charge in [-0.15, -0.1) is 0 Å². The van der Waals surface area contributed by atoms with E-state index in [1.165, 1.54) is 25.3 Å². The minimum atomic E-state index is -0.583. The molecule has 1 unspecified atom stereocenters. The van der Waals surface area contributed by atoms with Crippen LogP contribution in [0.15, 0.2) is 60.7 Å². The summed E-state index contributed by atoms with van der Waals surface area (Å²) in [6.07, 6.45) is 7.48. The SMILES string of the molecule is COc1ccc(C2N3C=CN(N4CCC(N)CC4)C=C3CN2c2ccc(C#N)c(F)c2)cc1F. The van der Waals surface area contributed by atoms with E-state index in [1.807, 2.05) is 29.4 Å². The summed E-state index contributed by atoms with van der Waals surface area (Å²) in [7, 11) is 1.43. The Morgan fingerprint density at radius 2 is 1.85 bits per heavy atom. The monoisotopic (exact) mass is 464 g/mol. The third kappa shape index (κ3) is 3.95. The average molecular weight is 465 g/mol. The molecule has 3 aliphatic heterocycles. The lowest BCUT2D eigenvalue weighted by Gasteiger charge is -2.39. The van der Waals surface area contributed by atoms with Gasteiger partial charge in [0, 0.05) is 43.4 Å². The lowest BCUT2D eigenvalue weighted by Crippen LogP contribution is -2.46. The minimum Gasteiger partial charge on any atom is -0.494 e. The molecule has 7 nitrogen and oxygen atoms in total. The van der Waals surface area contributed by atoms with Crippen molar-refractivity contribution in [3.63, 3.8) is 0 Å². The first-order valence-corrected chi connectivity index (χ1v) is 11.2. The van der Waals surface area contributed by atoms with Crippen molar-refractivity contribution in [2.75, 3.05) is 31.6 Å². The molecular formula is C25H26F2N6O. The van der Waals surface area contributed by atoms with Crippen molar-refractivity contribution < 1.29 is 13.5 Å². The van der Waals surface area contributed by atoms with E-state index >= 15 is 0 Å². The number of methoxy groups -OCH3 is 1. The third-order valence-electron chi connectivity index (χ3n) is 6.61. The van der Waals surface area contributed by atoms with Crippen molar-refractivity contribution in [2.45, 2.75) is 25.0 Å². The number of nitriles is 1. The summed E-state index contributed by atoms with van der Waals surface area (Å²) in [4.78, 5) is 4.06. The molecule has 34 heavy (non-hydrogen) atoms. The van der Waals surface area contributed by atoms with Crippen LogP contribution in [0.5, 0.6) is 5.75 Å². The molecule has 1 atom stereocenters. The predicted molar refractivity (Wildman–Crippen MR) is 124 cm³/mol. The first kappa shape index (κ1) is 22.2. The number of benzene rings is 2. The standard InChI is InChI=1S/C25H26F2N6O/c1-34-24-5-3-17(12-23(24)27)25-32-11-10-31(30-8-6-19(29)7-9-30)15-21(32)16-33(25)20-4-2-18(14-28)22(26)13-20/h2-5,10-13,15,19,25H,6-9,16,29H2,1H3. The van der Waals surface area contributed by atoms with Crippen LogP contribution in [-0.4, -0.2) is 47.7 Å². The molecule has 0 radical (unpaired) electrons. The number of halogens is 2. The fourth-order valence-electron chi connectivity index (χ4n) is 4.75. The molecule has 176 valence electrons. The maximum atomic E-state index is 14.6. The van der Waals surface area contributed by atoms with Gasteiger partial charge in [-0.2, -0.15) is 5.26 Å². The van der Waals surface area contributed by atoms with Gasteiger partial charge in [-0.25, -0.2) is 13.8 Å². The summed E-state index contributed by atoms with van der Waals surface area (Å²) in [5.41, 5.74) is 8.35. The fraction of sp³-hybridized carbons (Fsp3) is 0.320. The molecule has 2 fully saturated rings. The molecule has 2 aromatic carbocycles. The van der Waals surface area contributed by atoms with Crippen LogP contribution in [0.4, 0.5) is 14.5 Å². The quantitative estimate of drug-likeness (QED) is 0.741. The smallest absolute Gasteiger partial charge is 0.165 e. The fourth-order valence-corrected chi connectivity index (χ4v) is 4.75. The second kappa shape index (κ2) is 8.97. The minimum absolute atomic E-state index is 0.0127. The van der Waals surface area contributed by atoms with Crippen molar-refractivity contribution in [3.05, 3.63) is 83.5 Å². The number of hydrazine groups is 1. The summed E-state index contributed by atoms with van der Waals surface area (Å²) < 4.78 is 34.2. The summed E-state index contributed by atoms with van der Waals surface area (Å²) in [6.45, 7) is 2.22. The second-order valence-corrected chi connectivity index (χ2v) is 8.67. The predicted octanol–water partition coefficient (Wildman–Crippen LogP) is 3.63. The molecule has 0 bridgehead atoms. The van der Waals surface area contributed by atoms with E-state index in [0.717, 1.165) is 31.6 Å². The van der Waals surface area contributed by atoms with Crippen molar-refractivity contribution in [3.8, 4) is 11.8 Å². The molecule has 5 rings (SSSR count). The number of nitrogens with zero attached hydrogens (tertiary/aromatic N) is 5. The Morgan fingerprint density at radius 1 is 1.06 bits per heavy atom. The molecular weight excluding hydrogens is 438 g/mol. The number of anilines is 1. The number of fused-ring (bicyclic) bond motifs is 1. The van der Waals surface area contributed by atoms with Crippen LogP contribution in [0.2, 0.25) is 0 Å². The highest BCUT2D eigenvalue weighted by atomic mass is 19.1. The number of hydrogen-bond acceptors (Lipinski definition) is 7. The van der Waals surface area contributed by atoms with Crippen molar-refractivity contribution in [1.29, 1.82) is 5.26 Å². The zero-order valence-electron chi connectivity index (χ0n) is 18.9. The van der Waals surface area contributed by atoms with Crippen LogP contribution < -0.4 is 15.4 Å². The molecule has 2 N–H and O–H groups in total. The van der Waals surface area contributed by atoms with Crippen LogP contribution in [0.3, 0.4) is 0 Å². The molecule has 3 aliphatic rings. The normalized spacial score (nSPS) is 20.9. The summed E-state index contributed by atoms with van der Waals surface area (Å²) in [5.74, 6) is -0.881. The van der Waals surface area contributed by atoms with Crippen molar-refractivity contribution in [2.24, 2.45) is 5.73 Å². The average Bonchev–Trinajstić information content (AvgIpc) is 3.23. The molecule has 0 spiro atoms. The number of hydrogen-bond donors (Lipinski definition) is 1. The largest absolute Gasteiger partial charge is 0.494 e. The first-order chi connectivity index (χ1) is 16.5. The topological polar surface area (TPSA) is 72.0 Å². The van der Waals surface area contributed by atoms with Gasteiger partial charge in [0.15, 0.2) is 11.6 Å². The Hall–Kier alpha value is -3.61. The number of piperidine rings is 1. The van der Waals surface area contributed by atoms with Gasteiger partial charge in [0.25, 0.3) is 0 Å². The van der Waals surface area contributed by atoms with Gasteiger partial charge in [-0.1, -0.05) is 6.07 Å². The zero-order valence-corrected chi connectivity index (χ0v) is 18.9. The van der Waals surface area contributed by atoms with Gasteiger partial charge in [0.2, 0.25) is 0 Å². The molecule has 9 heteroatoms. The molecule has 0 aliphatic carbocycles. The lowest BCUT2D eigenvalue weighted by atomic mass is 10.1. The first-order valence-electron chi connectivity index (χ1n) is 11.2.